The molecule has 9 heteroatoms. The molecule has 0 unspecified atom stereocenters. The van der Waals surface area contributed by atoms with Gasteiger partial charge < -0.3 is 4.74 Å². The molecule has 0 bridgehead atoms. The zero-order chi connectivity index (χ0) is 19.4. The molecule has 0 amide bonds. The van der Waals surface area contributed by atoms with Crippen molar-refractivity contribution in [3.63, 3.8) is 0 Å². The highest BCUT2D eigenvalue weighted by Crippen LogP contribution is 2.34. The Morgan fingerprint density at radius 1 is 1.15 bits per heavy atom. The molecule has 0 saturated heterocycles. The first-order chi connectivity index (χ1) is 12.7. The fourth-order valence-electron chi connectivity index (χ4n) is 2.91. The summed E-state index contributed by atoms with van der Waals surface area (Å²) in [5.74, 6) is 0.274. The molecular weight excluding hydrogens is 366 g/mol. The van der Waals surface area contributed by atoms with Crippen LogP contribution in [0.5, 0.6) is 5.75 Å². The molecule has 0 saturated carbocycles. The highest BCUT2D eigenvalue weighted by Gasteiger charge is 2.34. The van der Waals surface area contributed by atoms with Gasteiger partial charge in [-0.2, -0.15) is 14.8 Å². The molecule has 0 aliphatic carbocycles. The van der Waals surface area contributed by atoms with E-state index in [0.717, 1.165) is 16.8 Å². The van der Waals surface area contributed by atoms with Crippen LogP contribution in [-0.4, -0.2) is 44.5 Å². The van der Waals surface area contributed by atoms with Gasteiger partial charge in [0.05, 0.1) is 35.5 Å². The minimum Gasteiger partial charge on any atom is -0.495 e. The minimum atomic E-state index is -3.62. The van der Waals surface area contributed by atoms with E-state index in [9.17, 15) is 8.42 Å². The maximum atomic E-state index is 13.1. The second-order valence-electron chi connectivity index (χ2n) is 7.15. The van der Waals surface area contributed by atoms with Crippen molar-refractivity contribution in [2.75, 3.05) is 7.11 Å². The van der Waals surface area contributed by atoms with Crippen LogP contribution in [0.4, 0.5) is 0 Å². The number of pyridine rings is 1. The molecule has 0 fully saturated rings. The molecule has 0 N–H and O–H groups in total. The van der Waals surface area contributed by atoms with Crippen LogP contribution < -0.4 is 4.74 Å². The molecule has 4 heterocycles. The normalized spacial score (nSPS) is 12.7. The average Bonchev–Trinajstić information content (AvgIpc) is 3.22. The van der Waals surface area contributed by atoms with E-state index in [1.807, 2.05) is 12.1 Å². The number of rotatable bonds is 3. The van der Waals surface area contributed by atoms with E-state index >= 15 is 0 Å². The maximum absolute atomic E-state index is 13.1. The molecule has 8 nitrogen and oxygen atoms in total. The number of ether oxygens (including phenoxy) is 1. The quantitative estimate of drug-likeness (QED) is 0.538. The van der Waals surface area contributed by atoms with Crippen LogP contribution in [0.1, 0.15) is 20.8 Å². The summed E-state index contributed by atoms with van der Waals surface area (Å²) in [4.78, 5) is 4.53. The predicted molar refractivity (Wildman–Crippen MR) is 101 cm³/mol. The summed E-state index contributed by atoms with van der Waals surface area (Å²) < 4.78 is 33.8. The second kappa shape index (κ2) is 5.78. The van der Waals surface area contributed by atoms with Gasteiger partial charge >= 0.3 is 0 Å². The molecule has 0 atom stereocenters. The van der Waals surface area contributed by atoms with Crippen LogP contribution >= 0.6 is 0 Å². The van der Waals surface area contributed by atoms with Crippen molar-refractivity contribution < 1.29 is 13.2 Å². The van der Waals surface area contributed by atoms with E-state index in [-0.39, 0.29) is 10.6 Å². The summed E-state index contributed by atoms with van der Waals surface area (Å²) in [5, 5.41) is 8.42. The Labute approximate surface area is 156 Å². The molecule has 0 radical (unpaired) electrons. The standard InChI is InChI=1S/C18H19N5O3S/c1-18(2,3)27(24,25)16-11-22-14(10-19-17(22)8-15(16)26-4)12-9-21-23-13(12)6-5-7-20-23/h5-11H,1-4H3. The molecule has 4 rings (SSSR count). The fraction of sp³-hybridized carbons (Fsp3) is 0.278. The summed E-state index contributed by atoms with van der Waals surface area (Å²) in [5.41, 5.74) is 2.91. The van der Waals surface area contributed by atoms with Crippen LogP contribution in [0, 0.1) is 0 Å². The van der Waals surface area contributed by atoms with Gasteiger partial charge in [-0.15, -0.1) is 0 Å². The lowest BCUT2D eigenvalue weighted by molar-refractivity contribution is 0.401. The lowest BCUT2D eigenvalue weighted by Crippen LogP contribution is -2.28. The van der Waals surface area contributed by atoms with Crippen LogP contribution in [0.15, 0.2) is 47.9 Å². The van der Waals surface area contributed by atoms with Crippen LogP contribution in [0.3, 0.4) is 0 Å². The van der Waals surface area contributed by atoms with Gasteiger partial charge in [-0.3, -0.25) is 4.40 Å². The van der Waals surface area contributed by atoms with Crippen molar-refractivity contribution in [2.24, 2.45) is 0 Å². The van der Waals surface area contributed by atoms with E-state index < -0.39 is 14.6 Å². The van der Waals surface area contributed by atoms with Crippen molar-refractivity contribution in [2.45, 2.75) is 30.4 Å². The first-order valence-corrected chi connectivity index (χ1v) is 9.81. The van der Waals surface area contributed by atoms with Crippen LogP contribution in [-0.2, 0) is 9.84 Å². The van der Waals surface area contributed by atoms with Crippen molar-refractivity contribution in [1.29, 1.82) is 0 Å². The molecule has 140 valence electrons. The van der Waals surface area contributed by atoms with Crippen molar-refractivity contribution in [3.05, 3.63) is 43.0 Å². The van der Waals surface area contributed by atoms with Gasteiger partial charge in [0.25, 0.3) is 0 Å². The Hall–Kier alpha value is -2.94. The number of hydrogen-bond donors (Lipinski definition) is 0. The third-order valence-corrected chi connectivity index (χ3v) is 6.97. The molecular formula is C18H19N5O3S. The number of nitrogens with zero attached hydrogens (tertiary/aromatic N) is 5. The first kappa shape index (κ1) is 17.5. The monoisotopic (exact) mass is 385 g/mol. The summed E-state index contributed by atoms with van der Waals surface area (Å²) in [7, 11) is -2.17. The van der Waals surface area contributed by atoms with Crippen LogP contribution in [0.2, 0.25) is 0 Å². The summed E-state index contributed by atoms with van der Waals surface area (Å²) in [6.07, 6.45) is 6.59. The molecule has 0 aliphatic heterocycles. The van der Waals surface area contributed by atoms with E-state index in [2.05, 4.69) is 15.2 Å². The summed E-state index contributed by atoms with van der Waals surface area (Å²) in [6, 6.07) is 5.35. The summed E-state index contributed by atoms with van der Waals surface area (Å²) in [6.45, 7) is 4.99. The molecule has 27 heavy (non-hydrogen) atoms. The van der Waals surface area contributed by atoms with E-state index in [0.29, 0.717) is 5.65 Å². The number of methoxy groups -OCH3 is 1. The maximum Gasteiger partial charge on any atom is 0.188 e. The first-order valence-electron chi connectivity index (χ1n) is 8.33. The van der Waals surface area contributed by atoms with E-state index in [1.165, 1.54) is 11.7 Å². The topological polar surface area (TPSA) is 90.9 Å². The number of aromatic nitrogens is 5. The average molecular weight is 385 g/mol. The number of hydrogen-bond acceptors (Lipinski definition) is 6. The minimum absolute atomic E-state index is 0.124. The molecule has 4 aromatic rings. The summed E-state index contributed by atoms with van der Waals surface area (Å²) >= 11 is 0. The molecule has 0 aromatic carbocycles. The Morgan fingerprint density at radius 3 is 2.63 bits per heavy atom. The van der Waals surface area contributed by atoms with Crippen molar-refractivity contribution in [3.8, 4) is 17.0 Å². The van der Waals surface area contributed by atoms with Crippen molar-refractivity contribution >= 4 is 21.0 Å². The van der Waals surface area contributed by atoms with Gasteiger partial charge in [-0.05, 0) is 32.9 Å². The van der Waals surface area contributed by atoms with Crippen LogP contribution in [0.25, 0.3) is 22.4 Å². The number of imidazole rings is 1. The highest BCUT2D eigenvalue weighted by molar-refractivity contribution is 7.92. The van der Waals surface area contributed by atoms with Crippen molar-refractivity contribution in [1.82, 2.24) is 24.2 Å². The molecule has 0 aliphatic rings. The SMILES string of the molecule is COc1cc2ncc(-c3cnn4ncccc34)n2cc1S(=O)(=O)C(C)(C)C. The number of fused-ring (bicyclic) bond motifs is 2. The Bertz CT molecular complexity index is 1270. The zero-order valence-electron chi connectivity index (χ0n) is 15.4. The Balaban J connectivity index is 2.02. The van der Waals surface area contributed by atoms with Gasteiger partial charge in [0.2, 0.25) is 0 Å². The zero-order valence-corrected chi connectivity index (χ0v) is 16.2. The van der Waals surface area contributed by atoms with Gasteiger partial charge in [0.15, 0.2) is 9.84 Å². The van der Waals surface area contributed by atoms with E-state index in [4.69, 9.17) is 4.74 Å². The second-order valence-corrected chi connectivity index (χ2v) is 9.82. The van der Waals surface area contributed by atoms with Gasteiger partial charge in [0, 0.05) is 24.0 Å². The lowest BCUT2D eigenvalue weighted by Gasteiger charge is -2.21. The van der Waals surface area contributed by atoms with E-state index in [1.54, 1.807) is 56.0 Å². The Morgan fingerprint density at radius 2 is 1.93 bits per heavy atom. The predicted octanol–water partition coefficient (Wildman–Crippen LogP) is 2.62. The lowest BCUT2D eigenvalue weighted by atomic mass is 10.2. The molecule has 4 aromatic heterocycles. The number of sulfone groups is 1. The third-order valence-electron chi connectivity index (χ3n) is 4.47. The largest absolute Gasteiger partial charge is 0.495 e. The van der Waals surface area contributed by atoms with Gasteiger partial charge in [-0.25, -0.2) is 13.4 Å². The fourth-order valence-corrected chi connectivity index (χ4v) is 4.22. The Kier molecular flexibility index (Phi) is 3.74. The van der Waals surface area contributed by atoms with Gasteiger partial charge in [0.1, 0.15) is 16.3 Å². The van der Waals surface area contributed by atoms with Gasteiger partial charge in [-0.1, -0.05) is 0 Å². The smallest absolute Gasteiger partial charge is 0.188 e. The molecule has 0 spiro atoms. The highest BCUT2D eigenvalue weighted by atomic mass is 32.2. The third kappa shape index (κ3) is 2.57.